The van der Waals surface area contributed by atoms with Gasteiger partial charge in [0.15, 0.2) is 6.10 Å². The normalized spacial score (nSPS) is 28.6. The number of cyclic esters (lactones) is 1. The Morgan fingerprint density at radius 1 is 1.40 bits per heavy atom. The first-order valence-electron chi connectivity index (χ1n) is 7.94. The van der Waals surface area contributed by atoms with Crippen LogP contribution in [0.2, 0.25) is 0 Å². The molecule has 3 atom stereocenters. The van der Waals surface area contributed by atoms with E-state index in [4.69, 9.17) is 9.47 Å². The van der Waals surface area contributed by atoms with Crippen molar-refractivity contribution in [1.29, 1.82) is 0 Å². The molecule has 1 heterocycles. The fourth-order valence-corrected chi connectivity index (χ4v) is 4.51. The van der Waals surface area contributed by atoms with Crippen molar-refractivity contribution in [3.63, 3.8) is 0 Å². The Labute approximate surface area is 146 Å². The monoisotopic (exact) mass is 368 g/mol. The largest absolute Gasteiger partial charge is 0.496 e. The zero-order chi connectivity index (χ0) is 18.4. The summed E-state index contributed by atoms with van der Waals surface area (Å²) in [7, 11) is -3.14. The molecule has 0 radical (unpaired) electrons. The summed E-state index contributed by atoms with van der Waals surface area (Å²) < 4.78 is 43.3. The summed E-state index contributed by atoms with van der Waals surface area (Å²) in [6.45, 7) is 1.54. The van der Waals surface area contributed by atoms with E-state index >= 15 is 0 Å². The number of methoxy groups -OCH3 is 1. The highest BCUT2D eigenvalue weighted by molar-refractivity contribution is 7.87. The fourth-order valence-electron chi connectivity index (χ4n) is 3.45. The van der Waals surface area contributed by atoms with E-state index in [0.717, 1.165) is 0 Å². The average molecular weight is 368 g/mol. The molecule has 1 aliphatic heterocycles. The molecule has 2 aliphatic rings. The molecule has 136 valence electrons. The minimum Gasteiger partial charge on any atom is -0.496 e. The smallest absolute Gasteiger partial charge is 0.339 e. The number of allylic oxidation sites excluding steroid dienone is 1. The van der Waals surface area contributed by atoms with Gasteiger partial charge < -0.3 is 14.6 Å². The maximum Gasteiger partial charge on any atom is 0.339 e. The molecule has 8 heteroatoms. The van der Waals surface area contributed by atoms with Crippen LogP contribution in [-0.2, 0) is 19.6 Å². The first-order valence-corrected chi connectivity index (χ1v) is 9.38. The second kappa shape index (κ2) is 6.12. The lowest BCUT2D eigenvalue weighted by atomic mass is 9.82. The lowest BCUT2D eigenvalue weighted by molar-refractivity contribution is 0.0235. The molecule has 25 heavy (non-hydrogen) atoms. The molecule has 3 rings (SSSR count). The van der Waals surface area contributed by atoms with Gasteiger partial charge >= 0.3 is 5.97 Å². The Bertz CT molecular complexity index is 843. The molecule has 0 fully saturated rings. The van der Waals surface area contributed by atoms with E-state index in [9.17, 15) is 22.9 Å². The van der Waals surface area contributed by atoms with E-state index in [1.165, 1.54) is 25.3 Å². The van der Waals surface area contributed by atoms with Crippen LogP contribution in [0.25, 0.3) is 0 Å². The van der Waals surface area contributed by atoms with Crippen LogP contribution in [0, 0.1) is 5.92 Å². The lowest BCUT2D eigenvalue weighted by Crippen LogP contribution is -2.36. The third kappa shape index (κ3) is 2.74. The Kier molecular flexibility index (Phi) is 4.38. The van der Waals surface area contributed by atoms with Gasteiger partial charge in [0.1, 0.15) is 10.5 Å². The third-order valence-corrected chi connectivity index (χ3v) is 6.42. The van der Waals surface area contributed by atoms with Gasteiger partial charge in [-0.15, -0.1) is 0 Å². The highest BCUT2D eigenvalue weighted by Crippen LogP contribution is 2.47. The summed E-state index contributed by atoms with van der Waals surface area (Å²) in [5, 5.41) is 9.43. The van der Waals surface area contributed by atoms with Crippen molar-refractivity contribution in [1.82, 2.24) is 0 Å². The van der Waals surface area contributed by atoms with Crippen molar-refractivity contribution >= 4 is 16.1 Å². The Balaban J connectivity index is 2.28. The highest BCUT2D eigenvalue weighted by Gasteiger charge is 2.47. The van der Waals surface area contributed by atoms with Gasteiger partial charge in [-0.2, -0.15) is 8.42 Å². The molecule has 0 amide bonds. The van der Waals surface area contributed by atoms with Crippen molar-refractivity contribution in [3.8, 4) is 5.75 Å². The number of benzene rings is 1. The van der Waals surface area contributed by atoms with Gasteiger partial charge in [-0.25, -0.2) is 4.79 Å². The Morgan fingerprint density at radius 2 is 2.12 bits per heavy atom. The summed E-state index contributed by atoms with van der Waals surface area (Å²) in [6.07, 6.45) is 3.10. The Hall–Kier alpha value is -1.90. The minimum atomic E-state index is -4.51. The van der Waals surface area contributed by atoms with E-state index in [1.807, 2.05) is 6.92 Å². The van der Waals surface area contributed by atoms with Gasteiger partial charge in [-0.05, 0) is 30.9 Å². The molecule has 0 saturated heterocycles. The number of aliphatic hydroxyl groups is 1. The molecule has 2 unspecified atom stereocenters. The van der Waals surface area contributed by atoms with E-state index in [2.05, 4.69) is 0 Å². The fraction of sp³-hybridized carbons (Fsp3) is 0.471. The number of rotatable bonds is 4. The number of ether oxygens (including phenoxy) is 2. The predicted molar refractivity (Wildman–Crippen MR) is 89.0 cm³/mol. The van der Waals surface area contributed by atoms with Gasteiger partial charge in [0, 0.05) is 11.1 Å². The molecule has 0 bridgehead atoms. The summed E-state index contributed by atoms with van der Waals surface area (Å²) >= 11 is 0. The SMILES string of the molecule is COc1cc2c(cc1[C@]1(S(=O)(=O)O)C=CC(C)CC1)C(CO)OC2=O. The molecule has 0 saturated carbocycles. The van der Waals surface area contributed by atoms with Crippen LogP contribution in [0.4, 0.5) is 0 Å². The first kappa shape index (κ1) is 17.9. The summed E-state index contributed by atoms with van der Waals surface area (Å²) in [4.78, 5) is 11.9. The maximum absolute atomic E-state index is 12.3. The summed E-state index contributed by atoms with van der Waals surface area (Å²) in [5.41, 5.74) is 0.841. The molecular formula is C17H20O7S. The van der Waals surface area contributed by atoms with Crippen LogP contribution >= 0.6 is 0 Å². The molecule has 1 aromatic carbocycles. The number of carbonyl (C=O) groups is 1. The molecule has 7 nitrogen and oxygen atoms in total. The van der Waals surface area contributed by atoms with Crippen LogP contribution in [0.5, 0.6) is 5.75 Å². The zero-order valence-corrected chi connectivity index (χ0v) is 14.7. The van der Waals surface area contributed by atoms with Gasteiger partial charge in [0.05, 0.1) is 19.3 Å². The average Bonchev–Trinajstić information content (AvgIpc) is 2.89. The summed E-state index contributed by atoms with van der Waals surface area (Å²) in [6, 6.07) is 2.88. The quantitative estimate of drug-likeness (QED) is 0.475. The van der Waals surface area contributed by atoms with Crippen molar-refractivity contribution in [3.05, 3.63) is 41.0 Å². The van der Waals surface area contributed by atoms with Crippen LogP contribution in [0.15, 0.2) is 24.3 Å². The number of hydrogen-bond donors (Lipinski definition) is 2. The molecule has 1 aliphatic carbocycles. The van der Waals surface area contributed by atoms with Gasteiger partial charge in [0.2, 0.25) is 0 Å². The topological polar surface area (TPSA) is 110 Å². The van der Waals surface area contributed by atoms with Gasteiger partial charge in [0.25, 0.3) is 10.1 Å². The second-order valence-corrected chi connectivity index (χ2v) is 8.13. The minimum absolute atomic E-state index is 0.172. The first-order chi connectivity index (χ1) is 11.7. The van der Waals surface area contributed by atoms with E-state index in [-0.39, 0.29) is 29.2 Å². The third-order valence-electron chi connectivity index (χ3n) is 4.93. The van der Waals surface area contributed by atoms with Crippen LogP contribution in [-0.4, -0.2) is 37.8 Å². The number of carbonyl (C=O) groups excluding carboxylic acids is 1. The Morgan fingerprint density at radius 3 is 2.64 bits per heavy atom. The van der Waals surface area contributed by atoms with Crippen molar-refractivity contribution in [2.24, 2.45) is 5.92 Å². The second-order valence-electron chi connectivity index (χ2n) is 6.46. The van der Waals surface area contributed by atoms with Crippen LogP contribution in [0.1, 0.15) is 47.4 Å². The maximum atomic E-state index is 12.3. The lowest BCUT2D eigenvalue weighted by Gasteiger charge is -2.33. The van der Waals surface area contributed by atoms with Crippen LogP contribution < -0.4 is 4.74 Å². The molecule has 2 N–H and O–H groups in total. The number of esters is 1. The number of fused-ring (bicyclic) bond motifs is 1. The van der Waals surface area contributed by atoms with Crippen molar-refractivity contribution in [2.45, 2.75) is 30.6 Å². The molecule has 1 aromatic rings. The standard InChI is InChI=1S/C17H20O7S/c1-10-3-5-17(6-4-10,25(20,21)22)13-7-11-12(8-14(13)23-2)16(19)24-15(11)9-18/h3,5,7-8,10,15,18H,4,6,9H2,1-2H3,(H,20,21,22)/t10?,15?,17-/m0/s1. The molecule has 0 aromatic heterocycles. The summed E-state index contributed by atoms with van der Waals surface area (Å²) in [5.74, 6) is -0.246. The molecule has 0 spiro atoms. The van der Waals surface area contributed by atoms with E-state index < -0.39 is 33.5 Å². The predicted octanol–water partition coefficient (Wildman–Crippen LogP) is 1.97. The van der Waals surface area contributed by atoms with Crippen molar-refractivity contribution in [2.75, 3.05) is 13.7 Å². The number of aliphatic hydroxyl groups excluding tert-OH is 1. The zero-order valence-electron chi connectivity index (χ0n) is 13.9. The van der Waals surface area contributed by atoms with E-state index in [0.29, 0.717) is 12.0 Å². The highest BCUT2D eigenvalue weighted by atomic mass is 32.2. The van der Waals surface area contributed by atoms with Gasteiger partial charge in [-0.3, -0.25) is 4.55 Å². The molecular weight excluding hydrogens is 348 g/mol. The van der Waals surface area contributed by atoms with E-state index in [1.54, 1.807) is 6.08 Å². The van der Waals surface area contributed by atoms with Crippen LogP contribution in [0.3, 0.4) is 0 Å². The van der Waals surface area contributed by atoms with Crippen molar-refractivity contribution < 1.29 is 32.3 Å². The number of hydrogen-bond acceptors (Lipinski definition) is 6. The van der Waals surface area contributed by atoms with Gasteiger partial charge in [-0.1, -0.05) is 19.1 Å².